The van der Waals surface area contributed by atoms with Crippen LogP contribution < -0.4 is 5.32 Å². The number of ketones is 1. The smallest absolute Gasteiger partial charge is 0.252 e. The molecule has 1 heterocycles. The Hall–Kier alpha value is -2.43. The summed E-state index contributed by atoms with van der Waals surface area (Å²) in [6.45, 7) is 0. The van der Waals surface area contributed by atoms with Gasteiger partial charge in [0.15, 0.2) is 5.78 Å². The van der Waals surface area contributed by atoms with E-state index in [4.69, 9.17) is 11.6 Å². The Morgan fingerprint density at radius 3 is 2.25 bits per heavy atom. The van der Waals surface area contributed by atoms with Gasteiger partial charge in [-0.15, -0.1) is 0 Å². The van der Waals surface area contributed by atoms with Crippen LogP contribution in [-0.4, -0.2) is 11.7 Å². The topological polar surface area (TPSA) is 46.2 Å². The monoisotopic (exact) mass is 355 g/mol. The summed E-state index contributed by atoms with van der Waals surface area (Å²) in [4.78, 5) is 25.3. The average Bonchev–Trinajstić information content (AvgIpc) is 3.15. The van der Waals surface area contributed by atoms with Gasteiger partial charge in [0, 0.05) is 21.5 Å². The molecule has 0 spiro atoms. The number of benzene rings is 2. The Morgan fingerprint density at radius 2 is 1.62 bits per heavy atom. The molecule has 2 aromatic carbocycles. The standard InChI is InChI=1S/C19H14ClNO2S/c20-16-8-6-14(7-9-16)19(23)21-17(13-4-2-1-3-5-13)18(22)15-10-11-24-12-15/h1-12,17H,(H,21,23). The van der Waals surface area contributed by atoms with E-state index in [2.05, 4.69) is 5.32 Å². The number of thiophene rings is 1. The Balaban J connectivity index is 1.89. The van der Waals surface area contributed by atoms with Crippen LogP contribution in [0.25, 0.3) is 0 Å². The molecule has 24 heavy (non-hydrogen) atoms. The fourth-order valence-electron chi connectivity index (χ4n) is 2.33. The van der Waals surface area contributed by atoms with E-state index < -0.39 is 6.04 Å². The lowest BCUT2D eigenvalue weighted by atomic mass is 9.98. The highest BCUT2D eigenvalue weighted by atomic mass is 35.5. The predicted molar refractivity (Wildman–Crippen MR) is 96.8 cm³/mol. The summed E-state index contributed by atoms with van der Waals surface area (Å²) < 4.78 is 0. The Kier molecular flexibility index (Phi) is 5.08. The molecule has 0 radical (unpaired) electrons. The van der Waals surface area contributed by atoms with Crippen molar-refractivity contribution in [2.75, 3.05) is 0 Å². The van der Waals surface area contributed by atoms with E-state index in [9.17, 15) is 9.59 Å². The maximum absolute atomic E-state index is 12.8. The Morgan fingerprint density at radius 1 is 0.917 bits per heavy atom. The number of carbonyl (C=O) groups is 2. The maximum Gasteiger partial charge on any atom is 0.252 e. The summed E-state index contributed by atoms with van der Waals surface area (Å²) in [7, 11) is 0. The van der Waals surface area contributed by atoms with Crippen molar-refractivity contribution in [3.8, 4) is 0 Å². The summed E-state index contributed by atoms with van der Waals surface area (Å²) >= 11 is 7.30. The Labute approximate surface area is 148 Å². The molecule has 0 saturated carbocycles. The van der Waals surface area contributed by atoms with Gasteiger partial charge in [0.1, 0.15) is 6.04 Å². The fraction of sp³-hybridized carbons (Fsp3) is 0.0526. The highest BCUT2D eigenvalue weighted by Gasteiger charge is 2.24. The van der Waals surface area contributed by atoms with Gasteiger partial charge in [-0.05, 0) is 41.3 Å². The number of halogens is 1. The molecule has 1 atom stereocenters. The third-order valence-electron chi connectivity index (χ3n) is 3.58. The molecule has 1 N–H and O–H groups in total. The van der Waals surface area contributed by atoms with Gasteiger partial charge in [0.25, 0.3) is 5.91 Å². The van der Waals surface area contributed by atoms with Crippen molar-refractivity contribution in [3.05, 3.63) is 93.1 Å². The Bertz CT molecular complexity index is 830. The number of hydrogen-bond acceptors (Lipinski definition) is 3. The van der Waals surface area contributed by atoms with Gasteiger partial charge in [-0.2, -0.15) is 11.3 Å². The summed E-state index contributed by atoms with van der Waals surface area (Å²) in [6.07, 6.45) is 0. The van der Waals surface area contributed by atoms with Crippen LogP contribution in [0.2, 0.25) is 5.02 Å². The molecule has 3 rings (SSSR count). The number of nitrogens with one attached hydrogen (secondary N) is 1. The molecule has 1 unspecified atom stereocenters. The zero-order chi connectivity index (χ0) is 16.9. The zero-order valence-corrected chi connectivity index (χ0v) is 14.2. The molecule has 5 heteroatoms. The van der Waals surface area contributed by atoms with Gasteiger partial charge in [-0.1, -0.05) is 41.9 Å². The predicted octanol–water partition coefficient (Wildman–Crippen LogP) is 4.76. The molecule has 0 bridgehead atoms. The van der Waals surface area contributed by atoms with Crippen molar-refractivity contribution >= 4 is 34.6 Å². The minimum atomic E-state index is -0.732. The molecule has 0 aliphatic carbocycles. The van der Waals surface area contributed by atoms with Crippen LogP contribution in [0, 0.1) is 0 Å². The van der Waals surface area contributed by atoms with E-state index in [1.807, 2.05) is 35.7 Å². The third-order valence-corrected chi connectivity index (χ3v) is 4.52. The molecular formula is C19H14ClNO2S. The van der Waals surface area contributed by atoms with E-state index in [-0.39, 0.29) is 11.7 Å². The lowest BCUT2D eigenvalue weighted by molar-refractivity contribution is 0.0857. The molecule has 0 saturated heterocycles. The first-order valence-corrected chi connectivity index (χ1v) is 8.65. The van der Waals surface area contributed by atoms with Crippen molar-refractivity contribution in [2.24, 2.45) is 0 Å². The van der Waals surface area contributed by atoms with E-state index >= 15 is 0 Å². The van der Waals surface area contributed by atoms with Crippen molar-refractivity contribution < 1.29 is 9.59 Å². The minimum absolute atomic E-state index is 0.134. The molecule has 3 nitrogen and oxygen atoms in total. The summed E-state index contributed by atoms with van der Waals surface area (Å²) in [6, 6.07) is 16.8. The van der Waals surface area contributed by atoms with Crippen LogP contribution in [-0.2, 0) is 0 Å². The van der Waals surface area contributed by atoms with E-state index in [1.165, 1.54) is 11.3 Å². The lowest BCUT2D eigenvalue weighted by Crippen LogP contribution is -2.33. The average molecular weight is 356 g/mol. The number of hydrogen-bond donors (Lipinski definition) is 1. The second kappa shape index (κ2) is 7.43. The molecule has 3 aromatic rings. The van der Waals surface area contributed by atoms with Crippen LogP contribution in [0.5, 0.6) is 0 Å². The van der Waals surface area contributed by atoms with Crippen molar-refractivity contribution in [2.45, 2.75) is 6.04 Å². The SMILES string of the molecule is O=C(NC(C(=O)c1ccsc1)c1ccccc1)c1ccc(Cl)cc1. The van der Waals surface area contributed by atoms with E-state index in [1.54, 1.807) is 35.7 Å². The number of rotatable bonds is 5. The normalized spacial score (nSPS) is 11.7. The van der Waals surface area contributed by atoms with Gasteiger partial charge < -0.3 is 5.32 Å². The van der Waals surface area contributed by atoms with Gasteiger partial charge in [-0.3, -0.25) is 9.59 Å². The summed E-state index contributed by atoms with van der Waals surface area (Å²) in [5.41, 5.74) is 1.79. The van der Waals surface area contributed by atoms with Gasteiger partial charge >= 0.3 is 0 Å². The molecule has 0 aliphatic rings. The molecule has 0 fully saturated rings. The van der Waals surface area contributed by atoms with Gasteiger partial charge in [-0.25, -0.2) is 0 Å². The fourth-order valence-corrected chi connectivity index (χ4v) is 3.10. The van der Waals surface area contributed by atoms with Crippen molar-refractivity contribution in [1.82, 2.24) is 5.32 Å². The summed E-state index contributed by atoms with van der Waals surface area (Å²) in [5, 5.41) is 7.01. The van der Waals surface area contributed by atoms with E-state index in [0.29, 0.717) is 16.1 Å². The third kappa shape index (κ3) is 3.72. The van der Waals surface area contributed by atoms with Gasteiger partial charge in [0.05, 0.1) is 0 Å². The molecule has 1 amide bonds. The van der Waals surface area contributed by atoms with Crippen LogP contribution in [0.15, 0.2) is 71.4 Å². The first kappa shape index (κ1) is 16.4. The van der Waals surface area contributed by atoms with Crippen molar-refractivity contribution in [3.63, 3.8) is 0 Å². The zero-order valence-electron chi connectivity index (χ0n) is 12.6. The van der Waals surface area contributed by atoms with E-state index in [0.717, 1.165) is 5.56 Å². The van der Waals surface area contributed by atoms with Crippen LogP contribution >= 0.6 is 22.9 Å². The number of amides is 1. The summed E-state index contributed by atoms with van der Waals surface area (Å²) in [5.74, 6) is -0.450. The molecular weight excluding hydrogens is 342 g/mol. The minimum Gasteiger partial charge on any atom is -0.338 e. The molecule has 0 aliphatic heterocycles. The van der Waals surface area contributed by atoms with Crippen LogP contribution in [0.1, 0.15) is 32.3 Å². The van der Waals surface area contributed by atoms with Crippen molar-refractivity contribution in [1.29, 1.82) is 0 Å². The maximum atomic E-state index is 12.8. The largest absolute Gasteiger partial charge is 0.338 e. The second-order valence-electron chi connectivity index (χ2n) is 5.20. The number of carbonyl (C=O) groups excluding carboxylic acids is 2. The van der Waals surface area contributed by atoms with Crippen LogP contribution in [0.4, 0.5) is 0 Å². The highest BCUT2D eigenvalue weighted by molar-refractivity contribution is 7.08. The quantitative estimate of drug-likeness (QED) is 0.671. The first-order valence-electron chi connectivity index (χ1n) is 7.33. The molecule has 120 valence electrons. The van der Waals surface area contributed by atoms with Crippen LogP contribution in [0.3, 0.4) is 0 Å². The molecule has 1 aromatic heterocycles. The van der Waals surface area contributed by atoms with Gasteiger partial charge in [0.2, 0.25) is 0 Å². The number of Topliss-reactive ketones (excluding diaryl/α,β-unsaturated/α-hetero) is 1. The lowest BCUT2D eigenvalue weighted by Gasteiger charge is -2.18. The highest BCUT2D eigenvalue weighted by Crippen LogP contribution is 2.21. The first-order chi connectivity index (χ1) is 11.6. The second-order valence-corrected chi connectivity index (χ2v) is 6.42.